The van der Waals surface area contributed by atoms with Crippen molar-refractivity contribution in [3.05, 3.63) is 16.9 Å². The Balaban J connectivity index is 2.74. The molecule has 0 aliphatic carbocycles. The van der Waals surface area contributed by atoms with Gasteiger partial charge in [0.05, 0.1) is 0 Å². The first kappa shape index (κ1) is 12.4. The molecule has 1 rings (SSSR count). The van der Waals surface area contributed by atoms with Crippen molar-refractivity contribution in [2.24, 2.45) is 4.40 Å². The Kier molecular flexibility index (Phi) is 4.01. The number of nitrogens with zero attached hydrogens (tertiary/aromatic N) is 4. The third-order valence-corrected chi connectivity index (χ3v) is 2.90. The molecule has 0 amide bonds. The van der Waals surface area contributed by atoms with Gasteiger partial charge in [-0.1, -0.05) is 16.0 Å². The fraction of sp³-hybridized carbons (Fsp3) is 0.500. The predicted molar refractivity (Wildman–Crippen MR) is 60.3 cm³/mol. The first-order valence-corrected chi connectivity index (χ1v) is 5.70. The van der Waals surface area contributed by atoms with Gasteiger partial charge >= 0.3 is 0 Å². The van der Waals surface area contributed by atoms with Crippen LogP contribution in [0.1, 0.15) is 26.5 Å². The minimum absolute atomic E-state index is 0.230. The van der Waals surface area contributed by atoms with Crippen LogP contribution in [0.5, 0.6) is 0 Å². The highest BCUT2D eigenvalue weighted by atomic mass is 35.5. The molecule has 0 spiro atoms. The summed E-state index contributed by atoms with van der Waals surface area (Å²) in [6.07, 6.45) is 1.38. The molecule has 0 saturated carbocycles. The van der Waals surface area contributed by atoms with Gasteiger partial charge in [-0.25, -0.2) is 0 Å². The van der Waals surface area contributed by atoms with Gasteiger partial charge in [0, 0.05) is 6.07 Å². The van der Waals surface area contributed by atoms with Crippen molar-refractivity contribution in [3.8, 4) is 0 Å². The Morgan fingerprint density at radius 1 is 1.47 bits per heavy atom. The maximum Gasteiger partial charge on any atom is 0.155 e. The van der Waals surface area contributed by atoms with Crippen LogP contribution in [0.4, 0.5) is 0 Å². The van der Waals surface area contributed by atoms with Crippen molar-refractivity contribution < 1.29 is 4.55 Å². The Labute approximate surface area is 96.3 Å². The van der Waals surface area contributed by atoms with Gasteiger partial charge in [-0.3, -0.25) is 0 Å². The smallest absolute Gasteiger partial charge is 0.155 e. The Morgan fingerprint density at radius 3 is 2.67 bits per heavy atom. The van der Waals surface area contributed by atoms with Crippen LogP contribution in [-0.4, -0.2) is 30.9 Å². The molecular formula is C8H11ClN4OS. The van der Waals surface area contributed by atoms with Crippen LogP contribution in [0.3, 0.4) is 0 Å². The average Bonchev–Trinajstić information content (AvgIpc) is 2.12. The van der Waals surface area contributed by atoms with E-state index in [1.165, 1.54) is 12.3 Å². The number of rotatable bonds is 2. The summed E-state index contributed by atoms with van der Waals surface area (Å²) in [4.78, 5) is 0. The normalized spacial score (nSPS) is 14.5. The molecular weight excluding hydrogens is 236 g/mol. The second kappa shape index (κ2) is 4.87. The Hall–Kier alpha value is -0.720. The highest BCUT2D eigenvalue weighted by Gasteiger charge is 2.25. The monoisotopic (exact) mass is 246 g/mol. The van der Waals surface area contributed by atoms with Crippen molar-refractivity contribution in [2.75, 3.05) is 0 Å². The van der Waals surface area contributed by atoms with E-state index in [1.54, 1.807) is 0 Å². The zero-order valence-electron chi connectivity index (χ0n) is 8.64. The molecule has 1 unspecified atom stereocenters. The van der Waals surface area contributed by atoms with Crippen LogP contribution in [0.25, 0.3) is 0 Å². The largest absolute Gasteiger partial charge is 0.591 e. The number of halogens is 1. The lowest BCUT2D eigenvalue weighted by Crippen LogP contribution is -2.25. The predicted octanol–water partition coefficient (Wildman–Crippen LogP) is 1.41. The minimum atomic E-state index is -1.31. The van der Waals surface area contributed by atoms with E-state index in [-0.39, 0.29) is 9.90 Å². The average molecular weight is 247 g/mol. The maximum atomic E-state index is 11.5. The fourth-order valence-electron chi connectivity index (χ4n) is 0.620. The van der Waals surface area contributed by atoms with E-state index in [0.29, 0.717) is 5.69 Å². The van der Waals surface area contributed by atoms with Gasteiger partial charge in [0.15, 0.2) is 5.15 Å². The van der Waals surface area contributed by atoms with Gasteiger partial charge in [0.2, 0.25) is 0 Å². The molecule has 1 atom stereocenters. The van der Waals surface area contributed by atoms with E-state index >= 15 is 0 Å². The highest BCUT2D eigenvalue weighted by Crippen LogP contribution is 2.16. The number of aromatic nitrogens is 3. The van der Waals surface area contributed by atoms with Crippen LogP contribution < -0.4 is 0 Å². The molecule has 82 valence electrons. The molecule has 5 nitrogen and oxygen atoms in total. The summed E-state index contributed by atoms with van der Waals surface area (Å²) in [6.45, 7) is 5.52. The first-order valence-electron chi connectivity index (χ1n) is 4.21. The third kappa shape index (κ3) is 4.11. The summed E-state index contributed by atoms with van der Waals surface area (Å²) < 4.78 is 15.0. The first-order chi connectivity index (χ1) is 6.89. The van der Waals surface area contributed by atoms with E-state index in [9.17, 15) is 4.55 Å². The molecule has 0 aromatic carbocycles. The van der Waals surface area contributed by atoms with E-state index < -0.39 is 11.4 Å². The van der Waals surface area contributed by atoms with Gasteiger partial charge in [-0.15, -0.1) is 10.2 Å². The maximum absolute atomic E-state index is 11.5. The molecule has 15 heavy (non-hydrogen) atoms. The molecule has 1 aromatic heterocycles. The molecule has 0 aliphatic heterocycles. The lowest BCUT2D eigenvalue weighted by Gasteiger charge is -2.17. The van der Waals surface area contributed by atoms with Crippen LogP contribution in [0, 0.1) is 0 Å². The quantitative estimate of drug-likeness (QED) is 0.584. The molecule has 0 saturated heterocycles. The molecule has 0 radical (unpaired) electrons. The molecule has 0 N–H and O–H groups in total. The van der Waals surface area contributed by atoms with Crippen molar-refractivity contribution in [1.82, 2.24) is 15.4 Å². The molecule has 0 bridgehead atoms. The second-order valence-electron chi connectivity index (χ2n) is 3.78. The summed E-state index contributed by atoms with van der Waals surface area (Å²) in [7, 11) is 0. The van der Waals surface area contributed by atoms with Crippen LogP contribution in [0.15, 0.2) is 10.5 Å². The van der Waals surface area contributed by atoms with Gasteiger partial charge < -0.3 is 4.55 Å². The van der Waals surface area contributed by atoms with Crippen molar-refractivity contribution in [3.63, 3.8) is 0 Å². The molecule has 0 fully saturated rings. The summed E-state index contributed by atoms with van der Waals surface area (Å²) in [5.74, 6) is 0. The minimum Gasteiger partial charge on any atom is -0.591 e. The molecule has 0 aliphatic rings. The second-order valence-corrected chi connectivity index (χ2v) is 6.10. The molecule has 1 aromatic rings. The van der Waals surface area contributed by atoms with Crippen LogP contribution in [0.2, 0.25) is 5.15 Å². The topological polar surface area (TPSA) is 74.1 Å². The number of hydrogen-bond acceptors (Lipinski definition) is 5. The summed E-state index contributed by atoms with van der Waals surface area (Å²) in [5.41, 5.74) is 0.438. The fourth-order valence-corrected chi connectivity index (χ4v) is 1.29. The zero-order chi connectivity index (χ0) is 11.5. The summed E-state index contributed by atoms with van der Waals surface area (Å²) >= 11 is 4.29. The van der Waals surface area contributed by atoms with E-state index in [2.05, 4.69) is 19.8 Å². The SMILES string of the molecule is CC(C)(C)[S+]([O-])N=Cc1cc(Cl)nnn1. The van der Waals surface area contributed by atoms with Crippen LogP contribution in [-0.2, 0) is 11.4 Å². The van der Waals surface area contributed by atoms with E-state index in [0.717, 1.165) is 0 Å². The summed E-state index contributed by atoms with van der Waals surface area (Å²) in [6, 6.07) is 1.50. The molecule has 7 heteroatoms. The lowest BCUT2D eigenvalue weighted by atomic mass is 10.3. The van der Waals surface area contributed by atoms with Crippen LogP contribution >= 0.6 is 11.6 Å². The zero-order valence-corrected chi connectivity index (χ0v) is 10.2. The standard InChI is InChI=1S/C8H11ClN4OS/c1-8(2,3)15(14)10-5-6-4-7(9)12-13-11-6/h4-5H,1-3H3. The van der Waals surface area contributed by atoms with E-state index in [4.69, 9.17) is 11.6 Å². The van der Waals surface area contributed by atoms with E-state index in [1.807, 2.05) is 20.8 Å². The van der Waals surface area contributed by atoms with Gasteiger partial charge in [-0.05, 0) is 26.0 Å². The lowest BCUT2D eigenvalue weighted by molar-refractivity contribution is 0.561. The van der Waals surface area contributed by atoms with Crippen molar-refractivity contribution >= 4 is 29.2 Å². The van der Waals surface area contributed by atoms with Gasteiger partial charge in [0.25, 0.3) is 0 Å². The summed E-state index contributed by atoms with van der Waals surface area (Å²) in [5, 5.41) is 10.8. The molecule has 1 heterocycles. The van der Waals surface area contributed by atoms with Gasteiger partial charge in [-0.2, -0.15) is 0 Å². The Bertz CT molecular complexity index is 366. The Morgan fingerprint density at radius 2 is 2.13 bits per heavy atom. The van der Waals surface area contributed by atoms with Crippen molar-refractivity contribution in [1.29, 1.82) is 0 Å². The van der Waals surface area contributed by atoms with Crippen molar-refractivity contribution in [2.45, 2.75) is 25.5 Å². The number of hydrogen-bond donors (Lipinski definition) is 0. The van der Waals surface area contributed by atoms with Gasteiger partial charge in [0.1, 0.15) is 28.0 Å². The third-order valence-electron chi connectivity index (χ3n) is 1.37. The highest BCUT2D eigenvalue weighted by molar-refractivity contribution is 7.91.